The van der Waals surface area contributed by atoms with Gasteiger partial charge in [0.15, 0.2) is 0 Å². The molecule has 0 aromatic carbocycles. The van der Waals surface area contributed by atoms with E-state index in [1.165, 1.54) is 25.7 Å². The number of nitrogens with one attached hydrogen (secondary N) is 1. The van der Waals surface area contributed by atoms with E-state index in [0.717, 1.165) is 45.1 Å². The summed E-state index contributed by atoms with van der Waals surface area (Å²) in [6, 6.07) is -0.131. The maximum Gasteiger partial charge on any atom is 0.217 e. The van der Waals surface area contributed by atoms with Crippen molar-refractivity contribution in [1.29, 1.82) is 0 Å². The van der Waals surface area contributed by atoms with E-state index >= 15 is 0 Å². The number of ketones is 1. The lowest BCUT2D eigenvalue weighted by Gasteiger charge is -2.50. The third-order valence-electron chi connectivity index (χ3n) is 9.82. The minimum absolute atomic E-state index is 0.106. The van der Waals surface area contributed by atoms with Gasteiger partial charge >= 0.3 is 0 Å². The molecule has 3 fully saturated rings. The molecule has 5 nitrogen and oxygen atoms in total. The topological polar surface area (TPSA) is 66.5 Å². The number of hydrogen-bond acceptors (Lipinski definition) is 4. The van der Waals surface area contributed by atoms with Gasteiger partial charge in [-0.3, -0.25) is 4.79 Å². The fourth-order valence-electron chi connectivity index (χ4n) is 7.85. The highest BCUT2D eigenvalue weighted by atomic mass is 32.2. The third-order valence-corrected chi connectivity index (χ3v) is 12.3. The second kappa shape index (κ2) is 10.7. The molecule has 1 saturated heterocycles. The Balaban J connectivity index is 1.60. The highest BCUT2D eigenvalue weighted by molar-refractivity contribution is 7.89. The lowest BCUT2D eigenvalue weighted by molar-refractivity contribution is -0.134. The second-order valence-electron chi connectivity index (χ2n) is 12.1. The van der Waals surface area contributed by atoms with E-state index in [4.69, 9.17) is 0 Å². The molecule has 6 heteroatoms. The van der Waals surface area contributed by atoms with Crippen molar-refractivity contribution in [2.75, 3.05) is 20.1 Å². The Labute approximate surface area is 208 Å². The third kappa shape index (κ3) is 4.80. The van der Waals surface area contributed by atoms with Crippen molar-refractivity contribution in [2.24, 2.45) is 35.5 Å². The number of carbonyl (C=O) groups is 1. The highest BCUT2D eigenvalue weighted by Gasteiger charge is 2.52. The molecule has 4 aliphatic rings. The number of piperidine rings is 1. The average molecular weight is 493 g/mol. The van der Waals surface area contributed by atoms with Gasteiger partial charge in [0.05, 0.1) is 5.25 Å². The summed E-state index contributed by atoms with van der Waals surface area (Å²) in [6.07, 6.45) is 10.6. The highest BCUT2D eigenvalue weighted by Crippen LogP contribution is 2.47. The van der Waals surface area contributed by atoms with Crippen LogP contribution in [-0.4, -0.2) is 49.9 Å². The molecule has 34 heavy (non-hydrogen) atoms. The van der Waals surface area contributed by atoms with Crippen LogP contribution in [0.25, 0.3) is 0 Å². The van der Waals surface area contributed by atoms with E-state index in [9.17, 15) is 13.2 Å². The summed E-state index contributed by atoms with van der Waals surface area (Å²) >= 11 is 0. The minimum atomic E-state index is -3.47. The van der Waals surface area contributed by atoms with E-state index in [-0.39, 0.29) is 35.0 Å². The number of hydrogen-bond donors (Lipinski definition) is 1. The van der Waals surface area contributed by atoms with E-state index in [2.05, 4.69) is 26.1 Å². The molecule has 4 rings (SSSR count). The monoisotopic (exact) mass is 492 g/mol. The maximum atomic E-state index is 14.3. The number of allylic oxidation sites excluding steroid dienone is 1. The predicted octanol–water partition coefficient (Wildman–Crippen LogP) is 5.17. The zero-order valence-electron chi connectivity index (χ0n) is 22.2. The summed E-state index contributed by atoms with van der Waals surface area (Å²) in [5.41, 5.74) is 3.27. The quantitative estimate of drug-likeness (QED) is 0.475. The van der Waals surface area contributed by atoms with Crippen LogP contribution in [0.2, 0.25) is 0 Å². The van der Waals surface area contributed by atoms with Crippen LogP contribution in [0.15, 0.2) is 11.1 Å². The van der Waals surface area contributed by atoms with Crippen LogP contribution in [0.1, 0.15) is 91.9 Å². The van der Waals surface area contributed by atoms with Crippen molar-refractivity contribution in [2.45, 2.75) is 103 Å². The number of rotatable bonds is 8. The number of carbonyl (C=O) groups excluding carboxylic acids is 1. The fourth-order valence-corrected chi connectivity index (χ4v) is 10.5. The average Bonchev–Trinajstić information content (AvgIpc) is 2.79. The van der Waals surface area contributed by atoms with E-state index in [1.54, 1.807) is 11.1 Å². The van der Waals surface area contributed by atoms with Gasteiger partial charge in [-0.1, -0.05) is 51.7 Å². The number of nitrogens with zero attached hydrogens (tertiary/aromatic N) is 1. The zero-order chi connectivity index (χ0) is 24.6. The Morgan fingerprint density at radius 1 is 1.06 bits per heavy atom. The van der Waals surface area contributed by atoms with Gasteiger partial charge in [0.1, 0.15) is 5.78 Å². The summed E-state index contributed by atoms with van der Waals surface area (Å²) in [4.78, 5) is 13.0. The summed E-state index contributed by atoms with van der Waals surface area (Å²) < 4.78 is 30.5. The molecule has 194 valence electrons. The van der Waals surface area contributed by atoms with Gasteiger partial charge in [-0.15, -0.1) is 0 Å². The number of fused-ring (bicyclic) bond motifs is 1. The first-order chi connectivity index (χ1) is 16.2. The molecule has 1 N–H and O–H groups in total. The van der Waals surface area contributed by atoms with Gasteiger partial charge in [0, 0.05) is 31.0 Å². The van der Waals surface area contributed by atoms with Crippen molar-refractivity contribution in [3.63, 3.8) is 0 Å². The molecular weight excluding hydrogens is 444 g/mol. The Morgan fingerprint density at radius 3 is 2.47 bits per heavy atom. The lowest BCUT2D eigenvalue weighted by Crippen LogP contribution is -2.61. The summed E-state index contributed by atoms with van der Waals surface area (Å²) in [5, 5.41) is 3.10. The van der Waals surface area contributed by atoms with Crippen molar-refractivity contribution >= 4 is 15.8 Å². The number of sulfonamides is 1. The van der Waals surface area contributed by atoms with E-state index in [0.29, 0.717) is 24.2 Å². The molecule has 8 atom stereocenters. The van der Waals surface area contributed by atoms with Crippen LogP contribution >= 0.6 is 0 Å². The standard InChI is InChI=1S/C28H48N2O3S/c1-6-8-21-13-14-23(21)25(16-29-5)22-12-11-18(2)26(15-22)34(32,33)30-17-20(4)28(31)24-10-7-9-19(3)27(24)30/h18-20,22,24-27,29H,6-17H2,1-5H3. The number of Topliss-reactive ketones (excluding diaryl/α,β-unsaturated/α-hetero) is 1. The summed E-state index contributed by atoms with van der Waals surface area (Å²) in [6.45, 7) is 9.84. The Morgan fingerprint density at radius 2 is 1.82 bits per heavy atom. The zero-order valence-corrected chi connectivity index (χ0v) is 23.0. The van der Waals surface area contributed by atoms with Crippen LogP contribution in [0, 0.1) is 35.5 Å². The predicted molar refractivity (Wildman–Crippen MR) is 139 cm³/mol. The fraction of sp³-hybridized carbons (Fsp3) is 0.893. The van der Waals surface area contributed by atoms with Crippen LogP contribution in [0.5, 0.6) is 0 Å². The Hall–Kier alpha value is -0.720. The summed E-state index contributed by atoms with van der Waals surface area (Å²) in [5.74, 6) is 1.32. The van der Waals surface area contributed by atoms with E-state index < -0.39 is 10.0 Å². The van der Waals surface area contributed by atoms with Crippen molar-refractivity contribution < 1.29 is 13.2 Å². The van der Waals surface area contributed by atoms with Crippen LogP contribution < -0.4 is 5.32 Å². The normalized spacial score (nSPS) is 38.4. The molecule has 8 unspecified atom stereocenters. The second-order valence-corrected chi connectivity index (χ2v) is 14.2. The van der Waals surface area contributed by atoms with Gasteiger partial charge in [-0.2, -0.15) is 4.31 Å². The largest absolute Gasteiger partial charge is 0.319 e. The molecule has 1 aliphatic heterocycles. The first kappa shape index (κ1) is 26.3. The Kier molecular flexibility index (Phi) is 8.31. The van der Waals surface area contributed by atoms with Crippen molar-refractivity contribution in [3.05, 3.63) is 11.1 Å². The lowest BCUT2D eigenvalue weighted by atomic mass is 9.68. The van der Waals surface area contributed by atoms with Crippen molar-refractivity contribution in [3.8, 4) is 0 Å². The van der Waals surface area contributed by atoms with Crippen LogP contribution in [0.4, 0.5) is 0 Å². The van der Waals surface area contributed by atoms with Crippen molar-refractivity contribution in [1.82, 2.24) is 9.62 Å². The van der Waals surface area contributed by atoms with Crippen LogP contribution in [0.3, 0.4) is 0 Å². The molecule has 3 aliphatic carbocycles. The Bertz CT molecular complexity index is 882. The molecule has 2 saturated carbocycles. The molecule has 0 aromatic heterocycles. The molecule has 0 spiro atoms. The van der Waals surface area contributed by atoms with Gasteiger partial charge in [-0.05, 0) is 82.1 Å². The maximum absolute atomic E-state index is 14.3. The summed E-state index contributed by atoms with van der Waals surface area (Å²) in [7, 11) is -1.44. The molecule has 0 bridgehead atoms. The van der Waals surface area contributed by atoms with E-state index in [1.807, 2.05) is 18.3 Å². The van der Waals surface area contributed by atoms with Gasteiger partial charge in [0.2, 0.25) is 10.0 Å². The van der Waals surface area contributed by atoms with Crippen LogP contribution in [-0.2, 0) is 14.8 Å². The van der Waals surface area contributed by atoms with Gasteiger partial charge in [0.25, 0.3) is 0 Å². The smallest absolute Gasteiger partial charge is 0.217 e. The molecule has 0 aromatic rings. The van der Waals surface area contributed by atoms with Gasteiger partial charge < -0.3 is 5.32 Å². The molecule has 1 heterocycles. The first-order valence-electron chi connectivity index (χ1n) is 14.1. The molecule has 0 radical (unpaired) electrons. The molecular formula is C28H48N2O3S. The van der Waals surface area contributed by atoms with Gasteiger partial charge in [-0.25, -0.2) is 8.42 Å². The molecule has 0 amide bonds. The first-order valence-corrected chi connectivity index (χ1v) is 15.6. The minimum Gasteiger partial charge on any atom is -0.319 e. The SMILES string of the molecule is CCCC1=C(C(CNC)C2CCC(C)C(S(=O)(=O)N3CC(C)C(=O)C4CCCC(C)C43)C2)CC1.